The van der Waals surface area contributed by atoms with Crippen molar-refractivity contribution in [3.05, 3.63) is 72.1 Å². The van der Waals surface area contributed by atoms with Crippen molar-refractivity contribution in [1.82, 2.24) is 9.78 Å². The molecule has 118 valence electrons. The van der Waals surface area contributed by atoms with Gasteiger partial charge in [-0.05, 0) is 23.3 Å². The summed E-state index contributed by atoms with van der Waals surface area (Å²) in [5.74, 6) is 0.527. The highest BCUT2D eigenvalue weighted by Gasteiger charge is 2.08. The summed E-state index contributed by atoms with van der Waals surface area (Å²) in [6.45, 7) is 0.586. The first-order chi connectivity index (χ1) is 11.8. The zero-order chi connectivity index (χ0) is 16.8. The molecule has 24 heavy (non-hydrogen) atoms. The van der Waals surface area contributed by atoms with E-state index >= 15 is 0 Å². The number of nitriles is 1. The van der Waals surface area contributed by atoms with E-state index in [9.17, 15) is 4.79 Å². The lowest BCUT2D eigenvalue weighted by Crippen LogP contribution is -1.98. The zero-order valence-electron chi connectivity index (χ0n) is 12.9. The quantitative estimate of drug-likeness (QED) is 0.653. The van der Waals surface area contributed by atoms with Crippen LogP contribution in [-0.4, -0.2) is 16.1 Å². The number of hydrogen-bond donors (Lipinski definition) is 0. The molecule has 0 spiro atoms. The van der Waals surface area contributed by atoms with Crippen molar-refractivity contribution in [2.24, 2.45) is 0 Å². The SMILES string of the molecule is N#CCn1cc(-c2ccc(C=O)c(OCc3ccccc3)c2)cn1. The summed E-state index contributed by atoms with van der Waals surface area (Å²) in [5.41, 5.74) is 3.28. The van der Waals surface area contributed by atoms with Crippen molar-refractivity contribution in [1.29, 1.82) is 5.26 Å². The summed E-state index contributed by atoms with van der Waals surface area (Å²) in [6.07, 6.45) is 4.26. The zero-order valence-corrected chi connectivity index (χ0v) is 12.9. The summed E-state index contributed by atoms with van der Waals surface area (Å²) in [6, 6.07) is 17.2. The molecule has 0 unspecified atom stereocenters. The van der Waals surface area contributed by atoms with Gasteiger partial charge in [-0.3, -0.25) is 9.48 Å². The predicted molar refractivity (Wildman–Crippen MR) is 89.4 cm³/mol. The monoisotopic (exact) mass is 317 g/mol. The molecule has 0 saturated heterocycles. The third kappa shape index (κ3) is 3.50. The van der Waals surface area contributed by atoms with E-state index in [1.165, 1.54) is 0 Å². The van der Waals surface area contributed by atoms with E-state index in [1.54, 1.807) is 23.1 Å². The second kappa shape index (κ2) is 7.25. The molecule has 0 aliphatic heterocycles. The smallest absolute Gasteiger partial charge is 0.153 e. The molecule has 0 saturated carbocycles. The number of rotatable bonds is 6. The molecule has 1 heterocycles. The maximum absolute atomic E-state index is 11.2. The highest BCUT2D eigenvalue weighted by Crippen LogP contribution is 2.27. The van der Waals surface area contributed by atoms with Crippen LogP contribution < -0.4 is 4.74 Å². The molecule has 0 aliphatic rings. The summed E-state index contributed by atoms with van der Waals surface area (Å²) < 4.78 is 7.38. The van der Waals surface area contributed by atoms with Crippen LogP contribution in [0.3, 0.4) is 0 Å². The second-order valence-electron chi connectivity index (χ2n) is 5.23. The van der Waals surface area contributed by atoms with Crippen molar-refractivity contribution < 1.29 is 9.53 Å². The molecule has 5 nitrogen and oxygen atoms in total. The molecule has 3 rings (SSSR count). The maximum atomic E-state index is 11.2. The van der Waals surface area contributed by atoms with Gasteiger partial charge in [0.2, 0.25) is 0 Å². The van der Waals surface area contributed by atoms with E-state index in [-0.39, 0.29) is 6.54 Å². The number of ether oxygens (including phenoxy) is 1. The van der Waals surface area contributed by atoms with Crippen LogP contribution in [0.2, 0.25) is 0 Å². The molecule has 5 heteroatoms. The Hall–Kier alpha value is -3.39. The van der Waals surface area contributed by atoms with Crippen LogP contribution in [0.1, 0.15) is 15.9 Å². The minimum absolute atomic E-state index is 0.198. The number of aromatic nitrogens is 2. The minimum Gasteiger partial charge on any atom is -0.488 e. The van der Waals surface area contributed by atoms with E-state index in [0.29, 0.717) is 17.9 Å². The van der Waals surface area contributed by atoms with E-state index in [4.69, 9.17) is 10.00 Å². The van der Waals surface area contributed by atoms with Crippen molar-refractivity contribution in [3.63, 3.8) is 0 Å². The number of nitrogens with zero attached hydrogens (tertiary/aromatic N) is 3. The molecule has 0 amide bonds. The lowest BCUT2D eigenvalue weighted by atomic mass is 10.1. The largest absolute Gasteiger partial charge is 0.488 e. The molecule has 3 aromatic rings. The Kier molecular flexibility index (Phi) is 4.68. The maximum Gasteiger partial charge on any atom is 0.153 e. The average Bonchev–Trinajstić information content (AvgIpc) is 3.09. The van der Waals surface area contributed by atoms with Gasteiger partial charge < -0.3 is 4.74 Å². The second-order valence-corrected chi connectivity index (χ2v) is 5.23. The first-order valence-electron chi connectivity index (χ1n) is 7.46. The van der Waals surface area contributed by atoms with Gasteiger partial charge >= 0.3 is 0 Å². The fourth-order valence-corrected chi connectivity index (χ4v) is 2.34. The molecule has 0 atom stereocenters. The number of benzene rings is 2. The van der Waals surface area contributed by atoms with Gasteiger partial charge in [-0.15, -0.1) is 0 Å². The third-order valence-corrected chi connectivity index (χ3v) is 3.58. The van der Waals surface area contributed by atoms with E-state index in [2.05, 4.69) is 5.10 Å². The Balaban J connectivity index is 1.84. The Morgan fingerprint density at radius 1 is 1.17 bits per heavy atom. The van der Waals surface area contributed by atoms with Gasteiger partial charge in [-0.1, -0.05) is 36.4 Å². The lowest BCUT2D eigenvalue weighted by molar-refractivity contribution is 0.111. The topological polar surface area (TPSA) is 67.9 Å². The molecular formula is C19H15N3O2. The highest BCUT2D eigenvalue weighted by molar-refractivity contribution is 5.81. The van der Waals surface area contributed by atoms with Crippen LogP contribution >= 0.6 is 0 Å². The molecule has 0 bridgehead atoms. The Morgan fingerprint density at radius 3 is 2.75 bits per heavy atom. The van der Waals surface area contributed by atoms with Crippen molar-refractivity contribution >= 4 is 6.29 Å². The molecular weight excluding hydrogens is 302 g/mol. The van der Waals surface area contributed by atoms with Crippen LogP contribution in [0, 0.1) is 11.3 Å². The number of aldehydes is 1. The summed E-state index contributed by atoms with van der Waals surface area (Å²) in [7, 11) is 0. The van der Waals surface area contributed by atoms with Crippen LogP contribution in [0.15, 0.2) is 60.9 Å². The van der Waals surface area contributed by atoms with Gasteiger partial charge in [-0.2, -0.15) is 10.4 Å². The van der Waals surface area contributed by atoms with Gasteiger partial charge in [0.1, 0.15) is 18.9 Å². The van der Waals surface area contributed by atoms with E-state index in [1.807, 2.05) is 48.5 Å². The van der Waals surface area contributed by atoms with Crippen molar-refractivity contribution in [3.8, 4) is 22.9 Å². The molecule has 0 aliphatic carbocycles. The van der Waals surface area contributed by atoms with Crippen LogP contribution in [0.5, 0.6) is 5.75 Å². The normalized spacial score (nSPS) is 10.1. The van der Waals surface area contributed by atoms with Gasteiger partial charge in [0.15, 0.2) is 6.29 Å². The fraction of sp³-hybridized carbons (Fsp3) is 0.105. The first kappa shape index (κ1) is 15.5. The van der Waals surface area contributed by atoms with Gasteiger partial charge in [0.05, 0.1) is 17.8 Å². The van der Waals surface area contributed by atoms with E-state index in [0.717, 1.165) is 23.0 Å². The van der Waals surface area contributed by atoms with Crippen LogP contribution in [-0.2, 0) is 13.2 Å². The van der Waals surface area contributed by atoms with Crippen LogP contribution in [0.4, 0.5) is 0 Å². The summed E-state index contributed by atoms with van der Waals surface area (Å²) >= 11 is 0. The van der Waals surface area contributed by atoms with Crippen molar-refractivity contribution in [2.75, 3.05) is 0 Å². The fourth-order valence-electron chi connectivity index (χ4n) is 2.34. The molecule has 0 fully saturated rings. The lowest BCUT2D eigenvalue weighted by Gasteiger charge is -2.10. The molecule has 2 aromatic carbocycles. The van der Waals surface area contributed by atoms with Crippen molar-refractivity contribution in [2.45, 2.75) is 13.2 Å². The van der Waals surface area contributed by atoms with Gasteiger partial charge in [0, 0.05) is 11.8 Å². The Morgan fingerprint density at radius 2 is 2.00 bits per heavy atom. The summed E-state index contributed by atoms with van der Waals surface area (Å²) in [4.78, 5) is 11.2. The third-order valence-electron chi connectivity index (χ3n) is 3.58. The number of carbonyl (C=O) groups is 1. The first-order valence-corrected chi connectivity index (χ1v) is 7.46. The molecule has 0 radical (unpaired) electrons. The highest BCUT2D eigenvalue weighted by atomic mass is 16.5. The standard InChI is InChI=1S/C19H15N3O2/c20-8-9-22-12-18(11-21-22)16-6-7-17(13-23)19(10-16)24-14-15-4-2-1-3-5-15/h1-7,10-13H,9,14H2. The average molecular weight is 317 g/mol. The Bertz CT molecular complexity index is 879. The number of carbonyl (C=O) groups excluding carboxylic acids is 1. The molecule has 1 aromatic heterocycles. The minimum atomic E-state index is 0.198. The predicted octanol–water partition coefficient (Wildman–Crippen LogP) is 3.47. The number of hydrogen-bond acceptors (Lipinski definition) is 4. The van der Waals surface area contributed by atoms with Crippen LogP contribution in [0.25, 0.3) is 11.1 Å². The van der Waals surface area contributed by atoms with Gasteiger partial charge in [0.25, 0.3) is 0 Å². The Labute approximate surface area is 139 Å². The summed E-state index contributed by atoms with van der Waals surface area (Å²) in [5, 5.41) is 12.9. The molecule has 0 N–H and O–H groups in total. The van der Waals surface area contributed by atoms with E-state index < -0.39 is 0 Å². The van der Waals surface area contributed by atoms with Gasteiger partial charge in [-0.25, -0.2) is 0 Å².